The zero-order chi connectivity index (χ0) is 12.9. The van der Waals surface area contributed by atoms with Crippen LogP contribution in [0.5, 0.6) is 5.75 Å². The first kappa shape index (κ1) is 13.4. The molecule has 0 amide bonds. The summed E-state index contributed by atoms with van der Waals surface area (Å²) in [6.45, 7) is 1.85. The highest BCUT2D eigenvalue weighted by Gasteiger charge is 2.16. The normalized spacial score (nSPS) is 13.8. The first-order valence-electron chi connectivity index (χ1n) is 5.22. The summed E-state index contributed by atoms with van der Waals surface area (Å²) < 4.78 is 30.9. The number of nitrogens with two attached hydrogens (primary N) is 1. The molecular formula is C12H14F2N2O. The molecule has 0 fully saturated rings. The highest BCUT2D eigenvalue weighted by molar-refractivity contribution is 5.24. The Labute approximate surface area is 98.8 Å². The Morgan fingerprint density at radius 1 is 1.47 bits per heavy atom. The van der Waals surface area contributed by atoms with Crippen LogP contribution in [0, 0.1) is 23.0 Å². The van der Waals surface area contributed by atoms with Gasteiger partial charge in [0.15, 0.2) is 11.6 Å². The summed E-state index contributed by atoms with van der Waals surface area (Å²) in [4.78, 5) is 0. The minimum Gasteiger partial charge on any atom is -0.491 e. The van der Waals surface area contributed by atoms with E-state index in [2.05, 4.69) is 0 Å². The molecule has 1 aromatic rings. The molecule has 92 valence electrons. The van der Waals surface area contributed by atoms with Crippen LogP contribution in [0.4, 0.5) is 8.78 Å². The fourth-order valence-electron chi connectivity index (χ4n) is 1.27. The molecule has 1 unspecified atom stereocenters. The molecule has 0 saturated carbocycles. The summed E-state index contributed by atoms with van der Waals surface area (Å²) in [5, 5.41) is 8.67. The van der Waals surface area contributed by atoms with E-state index in [0.717, 1.165) is 12.1 Å². The molecule has 0 aliphatic rings. The summed E-state index contributed by atoms with van der Waals surface area (Å²) in [6.07, 6.45) is 0.976. The van der Waals surface area contributed by atoms with Crippen LogP contribution in [0.15, 0.2) is 18.2 Å². The molecule has 0 saturated heterocycles. The highest BCUT2D eigenvalue weighted by atomic mass is 19.1. The van der Waals surface area contributed by atoms with Crippen molar-refractivity contribution in [3.63, 3.8) is 0 Å². The Hall–Kier alpha value is -1.67. The number of rotatable bonds is 5. The predicted molar refractivity (Wildman–Crippen MR) is 59.3 cm³/mol. The van der Waals surface area contributed by atoms with Crippen LogP contribution in [0.3, 0.4) is 0 Å². The lowest BCUT2D eigenvalue weighted by Gasteiger charge is -2.15. The van der Waals surface area contributed by atoms with Crippen molar-refractivity contribution in [3.05, 3.63) is 29.8 Å². The standard InChI is InChI=1S/C12H14F2N2O/c1-12(16,8-15)5-2-6-17-11-4-3-9(13)7-10(11)14/h3-4,7H,2,5-6,16H2,1H3. The van der Waals surface area contributed by atoms with Gasteiger partial charge in [0.1, 0.15) is 11.4 Å². The fourth-order valence-corrected chi connectivity index (χ4v) is 1.27. The van der Waals surface area contributed by atoms with Gasteiger partial charge in [-0.05, 0) is 31.9 Å². The molecular weight excluding hydrogens is 226 g/mol. The van der Waals surface area contributed by atoms with Crippen molar-refractivity contribution in [2.45, 2.75) is 25.3 Å². The van der Waals surface area contributed by atoms with Crippen molar-refractivity contribution in [1.82, 2.24) is 0 Å². The average molecular weight is 240 g/mol. The summed E-state index contributed by atoms with van der Waals surface area (Å²) in [5.41, 5.74) is 4.71. The van der Waals surface area contributed by atoms with Gasteiger partial charge >= 0.3 is 0 Å². The van der Waals surface area contributed by atoms with Crippen molar-refractivity contribution >= 4 is 0 Å². The molecule has 1 atom stereocenters. The molecule has 0 aliphatic heterocycles. The summed E-state index contributed by atoms with van der Waals surface area (Å²) in [6, 6.07) is 5.08. The maximum Gasteiger partial charge on any atom is 0.167 e. The third-order valence-corrected chi connectivity index (χ3v) is 2.25. The third kappa shape index (κ3) is 4.37. The van der Waals surface area contributed by atoms with Gasteiger partial charge in [-0.25, -0.2) is 8.78 Å². The summed E-state index contributed by atoms with van der Waals surface area (Å²) in [7, 11) is 0. The van der Waals surface area contributed by atoms with Crippen molar-refractivity contribution in [2.75, 3.05) is 6.61 Å². The number of nitrogens with zero attached hydrogens (tertiary/aromatic N) is 1. The van der Waals surface area contributed by atoms with E-state index in [1.807, 2.05) is 6.07 Å². The van der Waals surface area contributed by atoms with Gasteiger partial charge in [-0.1, -0.05) is 0 Å². The topological polar surface area (TPSA) is 59.0 Å². The van der Waals surface area contributed by atoms with E-state index in [0.29, 0.717) is 12.8 Å². The summed E-state index contributed by atoms with van der Waals surface area (Å²) >= 11 is 0. The smallest absolute Gasteiger partial charge is 0.167 e. The minimum atomic E-state index is -0.898. The molecule has 0 spiro atoms. The number of hydrogen-bond acceptors (Lipinski definition) is 3. The number of halogens is 2. The number of ether oxygens (including phenoxy) is 1. The molecule has 17 heavy (non-hydrogen) atoms. The molecule has 0 heterocycles. The molecule has 0 bridgehead atoms. The zero-order valence-electron chi connectivity index (χ0n) is 9.54. The Balaban J connectivity index is 2.39. The second-order valence-electron chi connectivity index (χ2n) is 4.06. The van der Waals surface area contributed by atoms with Crippen molar-refractivity contribution in [1.29, 1.82) is 5.26 Å². The maximum atomic E-state index is 13.1. The van der Waals surface area contributed by atoms with Crippen molar-refractivity contribution in [2.24, 2.45) is 5.73 Å². The Kier molecular flexibility index (Phi) is 4.41. The van der Waals surface area contributed by atoms with Crippen LogP contribution >= 0.6 is 0 Å². The first-order valence-corrected chi connectivity index (χ1v) is 5.22. The lowest BCUT2D eigenvalue weighted by Crippen LogP contribution is -2.34. The van der Waals surface area contributed by atoms with Gasteiger partial charge in [-0.3, -0.25) is 0 Å². The van der Waals surface area contributed by atoms with E-state index in [-0.39, 0.29) is 12.4 Å². The molecule has 5 heteroatoms. The van der Waals surface area contributed by atoms with Crippen molar-refractivity contribution in [3.8, 4) is 11.8 Å². The van der Waals surface area contributed by atoms with E-state index in [9.17, 15) is 8.78 Å². The first-order chi connectivity index (χ1) is 7.94. The minimum absolute atomic E-state index is 0.00193. The Morgan fingerprint density at radius 2 is 2.18 bits per heavy atom. The number of hydrogen-bond donors (Lipinski definition) is 1. The van der Waals surface area contributed by atoms with Gasteiger partial charge < -0.3 is 10.5 Å². The van der Waals surface area contributed by atoms with Gasteiger partial charge in [0.05, 0.1) is 12.7 Å². The molecule has 2 N–H and O–H groups in total. The van der Waals surface area contributed by atoms with Crippen LogP contribution in [0.25, 0.3) is 0 Å². The van der Waals surface area contributed by atoms with E-state index in [4.69, 9.17) is 15.7 Å². The maximum absolute atomic E-state index is 13.1. The monoisotopic (exact) mass is 240 g/mol. The molecule has 0 aromatic heterocycles. The number of nitriles is 1. The third-order valence-electron chi connectivity index (χ3n) is 2.25. The molecule has 0 aliphatic carbocycles. The highest BCUT2D eigenvalue weighted by Crippen LogP contribution is 2.18. The molecule has 3 nitrogen and oxygen atoms in total. The predicted octanol–water partition coefficient (Wildman–Crippen LogP) is 2.36. The van der Waals surface area contributed by atoms with E-state index in [1.54, 1.807) is 6.92 Å². The van der Waals surface area contributed by atoms with Crippen LogP contribution in [0.2, 0.25) is 0 Å². The molecule has 0 radical (unpaired) electrons. The Morgan fingerprint density at radius 3 is 2.76 bits per heavy atom. The van der Waals surface area contributed by atoms with E-state index in [1.165, 1.54) is 6.07 Å². The lowest BCUT2D eigenvalue weighted by atomic mass is 10.00. The molecule has 1 rings (SSSR count). The SMILES string of the molecule is CC(N)(C#N)CCCOc1ccc(F)cc1F. The van der Waals surface area contributed by atoms with Crippen LogP contribution in [-0.2, 0) is 0 Å². The van der Waals surface area contributed by atoms with Gasteiger partial charge in [0.25, 0.3) is 0 Å². The van der Waals surface area contributed by atoms with Crippen molar-refractivity contribution < 1.29 is 13.5 Å². The lowest BCUT2D eigenvalue weighted by molar-refractivity contribution is 0.282. The number of benzene rings is 1. The second-order valence-corrected chi connectivity index (χ2v) is 4.06. The van der Waals surface area contributed by atoms with Gasteiger partial charge in [0.2, 0.25) is 0 Å². The van der Waals surface area contributed by atoms with E-state index < -0.39 is 17.2 Å². The zero-order valence-corrected chi connectivity index (χ0v) is 9.54. The summed E-state index contributed by atoms with van der Waals surface area (Å²) in [5.74, 6) is -1.38. The average Bonchev–Trinajstić information content (AvgIpc) is 2.27. The fraction of sp³-hybridized carbons (Fsp3) is 0.417. The van der Waals surface area contributed by atoms with Crippen LogP contribution in [-0.4, -0.2) is 12.1 Å². The van der Waals surface area contributed by atoms with Crippen LogP contribution < -0.4 is 10.5 Å². The van der Waals surface area contributed by atoms with Gasteiger partial charge in [-0.2, -0.15) is 5.26 Å². The van der Waals surface area contributed by atoms with Gasteiger partial charge in [-0.15, -0.1) is 0 Å². The second kappa shape index (κ2) is 5.60. The Bertz CT molecular complexity index is 427. The molecule has 1 aromatic carbocycles. The van der Waals surface area contributed by atoms with E-state index >= 15 is 0 Å². The van der Waals surface area contributed by atoms with Crippen LogP contribution in [0.1, 0.15) is 19.8 Å². The van der Waals surface area contributed by atoms with Gasteiger partial charge in [0, 0.05) is 6.07 Å². The largest absolute Gasteiger partial charge is 0.491 e. The quantitative estimate of drug-likeness (QED) is 0.804.